The number of benzene rings is 2. The first kappa shape index (κ1) is 10.7. The van der Waals surface area contributed by atoms with Crippen molar-refractivity contribution in [2.45, 2.75) is 6.42 Å². The molecule has 3 heteroatoms. The normalized spacial score (nSPS) is 13.3. The summed E-state index contributed by atoms with van der Waals surface area (Å²) in [7, 11) is 0. The summed E-state index contributed by atoms with van der Waals surface area (Å²) >= 11 is 0. The zero-order valence-corrected chi connectivity index (χ0v) is 9.64. The molecule has 18 heavy (non-hydrogen) atoms. The number of carbonyl (C=O) groups excluding carboxylic acids is 2. The average Bonchev–Trinajstić information content (AvgIpc) is 2.66. The summed E-state index contributed by atoms with van der Waals surface area (Å²) in [5.74, 6) is -0.988. The van der Waals surface area contributed by atoms with E-state index in [-0.39, 0.29) is 0 Å². The monoisotopic (exact) mass is 237 g/mol. The van der Waals surface area contributed by atoms with Gasteiger partial charge in [-0.15, -0.1) is 0 Å². The zero-order chi connectivity index (χ0) is 12.5. The van der Waals surface area contributed by atoms with Crippen molar-refractivity contribution in [1.82, 2.24) is 0 Å². The van der Waals surface area contributed by atoms with Crippen molar-refractivity contribution in [3.05, 3.63) is 65.2 Å². The lowest BCUT2D eigenvalue weighted by molar-refractivity contribution is -0.112. The minimum Gasteiger partial charge on any atom is -0.318 e. The Bertz CT molecular complexity index is 632. The van der Waals surface area contributed by atoms with E-state index in [1.165, 1.54) is 5.56 Å². The number of Topliss-reactive ketones (excluding diaryl/α,β-unsaturated/α-hetero) is 1. The van der Waals surface area contributed by atoms with Crippen LogP contribution in [-0.2, 0) is 11.2 Å². The maximum Gasteiger partial charge on any atom is 0.296 e. The third kappa shape index (κ3) is 1.80. The second-order valence-electron chi connectivity index (χ2n) is 4.33. The summed E-state index contributed by atoms with van der Waals surface area (Å²) in [4.78, 5) is 22.7. The molecule has 2 aromatic carbocycles. The molecule has 2 aromatic rings. The first-order valence-corrected chi connectivity index (χ1v) is 5.76. The quantitative estimate of drug-likeness (QED) is 0.815. The van der Waals surface area contributed by atoms with Crippen molar-refractivity contribution in [2.24, 2.45) is 0 Å². The van der Waals surface area contributed by atoms with Gasteiger partial charge in [-0.2, -0.15) is 0 Å². The van der Waals surface area contributed by atoms with Crippen molar-refractivity contribution in [2.75, 3.05) is 5.32 Å². The molecule has 0 aromatic heterocycles. The number of hydrogen-bond acceptors (Lipinski definition) is 2. The highest BCUT2D eigenvalue weighted by atomic mass is 16.2. The summed E-state index contributed by atoms with van der Waals surface area (Å²) < 4.78 is 0. The minimum atomic E-state index is -0.540. The van der Waals surface area contributed by atoms with E-state index in [1.807, 2.05) is 30.3 Å². The predicted molar refractivity (Wildman–Crippen MR) is 68.7 cm³/mol. The van der Waals surface area contributed by atoms with Gasteiger partial charge in [-0.05, 0) is 29.7 Å². The van der Waals surface area contributed by atoms with Crippen molar-refractivity contribution in [1.29, 1.82) is 0 Å². The fourth-order valence-corrected chi connectivity index (χ4v) is 2.14. The summed E-state index contributed by atoms with van der Waals surface area (Å²) in [5, 5.41) is 2.58. The Morgan fingerprint density at radius 3 is 2.44 bits per heavy atom. The Morgan fingerprint density at radius 2 is 1.67 bits per heavy atom. The van der Waals surface area contributed by atoms with Gasteiger partial charge in [-0.3, -0.25) is 9.59 Å². The average molecular weight is 237 g/mol. The molecule has 88 valence electrons. The van der Waals surface area contributed by atoms with Crippen LogP contribution in [-0.4, -0.2) is 11.7 Å². The molecule has 0 aliphatic carbocycles. The molecule has 1 N–H and O–H groups in total. The first-order chi connectivity index (χ1) is 8.74. The Labute approximate surface area is 104 Å². The minimum absolute atomic E-state index is 0.448. The Balaban J connectivity index is 1.91. The molecule has 3 nitrogen and oxygen atoms in total. The number of anilines is 1. The molecule has 0 fully saturated rings. The highest BCUT2D eigenvalue weighted by Crippen LogP contribution is 2.25. The molecular formula is C15H11NO2. The van der Waals surface area contributed by atoms with E-state index in [0.29, 0.717) is 11.3 Å². The number of ketones is 1. The lowest BCUT2D eigenvalue weighted by atomic mass is 10.0. The molecule has 0 bridgehead atoms. The number of fused-ring (bicyclic) bond motifs is 1. The molecule has 0 spiro atoms. The smallest absolute Gasteiger partial charge is 0.296 e. The molecule has 1 heterocycles. The standard InChI is InChI=1S/C15H11NO2/c17-14-12-7-6-11(9-13(12)16-15(14)18)8-10-4-2-1-3-5-10/h1-7,9H,8H2,(H,16,17,18). The van der Waals surface area contributed by atoms with E-state index in [9.17, 15) is 9.59 Å². The van der Waals surface area contributed by atoms with Gasteiger partial charge in [0.15, 0.2) is 0 Å². The highest BCUT2D eigenvalue weighted by molar-refractivity contribution is 6.51. The van der Waals surface area contributed by atoms with Gasteiger partial charge in [-0.1, -0.05) is 36.4 Å². The lowest BCUT2D eigenvalue weighted by Crippen LogP contribution is -2.12. The fraction of sp³-hybridized carbons (Fsp3) is 0.0667. The number of amides is 1. The van der Waals surface area contributed by atoms with Crippen LogP contribution in [0.1, 0.15) is 21.5 Å². The number of rotatable bonds is 2. The van der Waals surface area contributed by atoms with E-state index in [2.05, 4.69) is 17.4 Å². The second-order valence-corrected chi connectivity index (χ2v) is 4.33. The van der Waals surface area contributed by atoms with Crippen LogP contribution in [0.3, 0.4) is 0 Å². The van der Waals surface area contributed by atoms with Crippen LogP contribution in [0, 0.1) is 0 Å². The van der Waals surface area contributed by atoms with Gasteiger partial charge in [0, 0.05) is 0 Å². The van der Waals surface area contributed by atoms with Gasteiger partial charge in [0.2, 0.25) is 0 Å². The largest absolute Gasteiger partial charge is 0.318 e. The third-order valence-electron chi connectivity index (χ3n) is 3.03. The second kappa shape index (κ2) is 4.11. The number of carbonyl (C=O) groups is 2. The summed E-state index contributed by atoms with van der Waals surface area (Å²) in [6, 6.07) is 15.5. The SMILES string of the molecule is O=C1Nc2cc(Cc3ccccc3)ccc2C1=O. The van der Waals surface area contributed by atoms with Crippen LogP contribution < -0.4 is 5.32 Å². The molecule has 0 radical (unpaired) electrons. The van der Waals surface area contributed by atoms with E-state index >= 15 is 0 Å². The highest BCUT2D eigenvalue weighted by Gasteiger charge is 2.27. The third-order valence-corrected chi connectivity index (χ3v) is 3.03. The Hall–Kier alpha value is -2.42. The van der Waals surface area contributed by atoms with Crippen LogP contribution in [0.5, 0.6) is 0 Å². The van der Waals surface area contributed by atoms with Gasteiger partial charge < -0.3 is 5.32 Å². The maximum atomic E-state index is 11.5. The van der Waals surface area contributed by atoms with E-state index in [0.717, 1.165) is 12.0 Å². The number of nitrogens with one attached hydrogen (secondary N) is 1. The topological polar surface area (TPSA) is 46.2 Å². The molecule has 0 atom stereocenters. The maximum absolute atomic E-state index is 11.5. The van der Waals surface area contributed by atoms with Gasteiger partial charge in [-0.25, -0.2) is 0 Å². The summed E-state index contributed by atoms with van der Waals surface area (Å²) in [6.07, 6.45) is 0.790. The van der Waals surface area contributed by atoms with Crippen LogP contribution in [0.2, 0.25) is 0 Å². The van der Waals surface area contributed by atoms with Crippen molar-refractivity contribution >= 4 is 17.4 Å². The predicted octanol–water partition coefficient (Wildman–Crippen LogP) is 2.41. The van der Waals surface area contributed by atoms with E-state index in [1.54, 1.807) is 6.07 Å². The van der Waals surface area contributed by atoms with Crippen molar-refractivity contribution < 1.29 is 9.59 Å². The van der Waals surface area contributed by atoms with Crippen LogP contribution in [0.4, 0.5) is 5.69 Å². The molecule has 0 unspecified atom stereocenters. The van der Waals surface area contributed by atoms with Crippen LogP contribution in [0.15, 0.2) is 48.5 Å². The Kier molecular flexibility index (Phi) is 2.45. The van der Waals surface area contributed by atoms with Crippen molar-refractivity contribution in [3.63, 3.8) is 0 Å². The van der Waals surface area contributed by atoms with Gasteiger partial charge >= 0.3 is 0 Å². The molecule has 0 saturated carbocycles. The molecule has 0 saturated heterocycles. The molecule has 3 rings (SSSR count). The van der Waals surface area contributed by atoms with Crippen LogP contribution >= 0.6 is 0 Å². The van der Waals surface area contributed by atoms with Gasteiger partial charge in [0.1, 0.15) is 0 Å². The van der Waals surface area contributed by atoms with Gasteiger partial charge in [0.05, 0.1) is 11.3 Å². The fourth-order valence-electron chi connectivity index (χ4n) is 2.14. The first-order valence-electron chi connectivity index (χ1n) is 5.76. The number of hydrogen-bond donors (Lipinski definition) is 1. The summed E-state index contributed by atoms with van der Waals surface area (Å²) in [6.45, 7) is 0. The van der Waals surface area contributed by atoms with E-state index in [4.69, 9.17) is 0 Å². The molecule has 1 aliphatic rings. The molecule has 1 amide bonds. The van der Waals surface area contributed by atoms with Gasteiger partial charge in [0.25, 0.3) is 11.7 Å². The zero-order valence-electron chi connectivity index (χ0n) is 9.64. The van der Waals surface area contributed by atoms with Crippen LogP contribution in [0.25, 0.3) is 0 Å². The lowest BCUT2D eigenvalue weighted by Gasteiger charge is -2.04. The molecule has 1 aliphatic heterocycles. The Morgan fingerprint density at radius 1 is 0.889 bits per heavy atom. The summed E-state index contributed by atoms with van der Waals surface area (Å²) in [5.41, 5.74) is 3.37. The van der Waals surface area contributed by atoms with Crippen molar-refractivity contribution in [3.8, 4) is 0 Å². The van der Waals surface area contributed by atoms with E-state index < -0.39 is 11.7 Å². The molecular weight excluding hydrogens is 226 g/mol.